The lowest BCUT2D eigenvalue weighted by Crippen LogP contribution is -2.43. The van der Waals surface area contributed by atoms with Crippen molar-refractivity contribution in [3.05, 3.63) is 23.7 Å². The SMILES string of the molecule is Cc1occc1C(=O)NCC(=O)N1CCC[C@@H]1C[C@@H](C)O. The smallest absolute Gasteiger partial charge is 0.255 e. The Morgan fingerprint density at radius 2 is 2.33 bits per heavy atom. The maximum atomic E-state index is 12.2. The van der Waals surface area contributed by atoms with Gasteiger partial charge in [-0.25, -0.2) is 0 Å². The van der Waals surface area contributed by atoms with E-state index in [1.165, 1.54) is 6.26 Å². The van der Waals surface area contributed by atoms with Gasteiger partial charge in [-0.05, 0) is 39.2 Å². The maximum absolute atomic E-state index is 12.2. The molecule has 1 aliphatic rings. The van der Waals surface area contributed by atoms with Crippen molar-refractivity contribution >= 4 is 11.8 Å². The Morgan fingerprint density at radius 3 is 2.95 bits per heavy atom. The van der Waals surface area contributed by atoms with Crippen molar-refractivity contribution in [1.29, 1.82) is 0 Å². The van der Waals surface area contributed by atoms with E-state index in [0.29, 0.717) is 24.3 Å². The maximum Gasteiger partial charge on any atom is 0.255 e. The highest BCUT2D eigenvalue weighted by Gasteiger charge is 2.29. The van der Waals surface area contributed by atoms with Crippen LogP contribution in [0.1, 0.15) is 42.3 Å². The Bertz CT molecular complexity index is 510. The fourth-order valence-electron chi connectivity index (χ4n) is 2.78. The van der Waals surface area contributed by atoms with Gasteiger partial charge in [0.25, 0.3) is 5.91 Å². The third kappa shape index (κ3) is 3.85. The number of carbonyl (C=O) groups is 2. The zero-order valence-corrected chi connectivity index (χ0v) is 12.5. The average Bonchev–Trinajstić information content (AvgIpc) is 3.04. The Balaban J connectivity index is 1.87. The van der Waals surface area contributed by atoms with Gasteiger partial charge in [-0.1, -0.05) is 0 Å². The summed E-state index contributed by atoms with van der Waals surface area (Å²) in [7, 11) is 0. The summed E-state index contributed by atoms with van der Waals surface area (Å²) in [6.45, 7) is 4.09. The first kappa shape index (κ1) is 15.6. The Kier molecular flexibility index (Phi) is 5.01. The predicted molar refractivity (Wildman–Crippen MR) is 76.8 cm³/mol. The van der Waals surface area contributed by atoms with Crippen molar-refractivity contribution in [1.82, 2.24) is 10.2 Å². The monoisotopic (exact) mass is 294 g/mol. The minimum absolute atomic E-state index is 0.0280. The molecule has 21 heavy (non-hydrogen) atoms. The van der Waals surface area contributed by atoms with Gasteiger partial charge in [-0.15, -0.1) is 0 Å². The number of aliphatic hydroxyl groups is 1. The second kappa shape index (κ2) is 6.76. The summed E-state index contributed by atoms with van der Waals surface area (Å²) in [6.07, 6.45) is 3.46. The number of furan rings is 1. The molecule has 1 aromatic rings. The molecule has 0 radical (unpaired) electrons. The zero-order chi connectivity index (χ0) is 15.4. The molecule has 2 heterocycles. The van der Waals surface area contributed by atoms with Crippen LogP contribution in [0.15, 0.2) is 16.7 Å². The highest BCUT2D eigenvalue weighted by Crippen LogP contribution is 2.21. The molecule has 0 bridgehead atoms. The van der Waals surface area contributed by atoms with E-state index in [1.807, 2.05) is 0 Å². The molecular weight excluding hydrogens is 272 g/mol. The summed E-state index contributed by atoms with van der Waals surface area (Å²) in [4.78, 5) is 25.9. The molecule has 0 saturated carbocycles. The molecule has 6 heteroatoms. The quantitative estimate of drug-likeness (QED) is 0.851. The molecule has 0 unspecified atom stereocenters. The molecule has 6 nitrogen and oxygen atoms in total. The number of hydrogen-bond acceptors (Lipinski definition) is 4. The number of aryl methyl sites for hydroxylation is 1. The van der Waals surface area contributed by atoms with Gasteiger partial charge in [0.15, 0.2) is 0 Å². The topological polar surface area (TPSA) is 82.8 Å². The first-order valence-corrected chi connectivity index (χ1v) is 7.29. The molecular formula is C15H22N2O4. The summed E-state index contributed by atoms with van der Waals surface area (Å²) in [5, 5.41) is 12.1. The van der Waals surface area contributed by atoms with Crippen LogP contribution in [0.3, 0.4) is 0 Å². The van der Waals surface area contributed by atoms with Gasteiger partial charge in [0, 0.05) is 12.6 Å². The molecule has 1 fully saturated rings. The molecule has 2 rings (SSSR count). The molecule has 1 aromatic heterocycles. The standard InChI is InChI=1S/C15H22N2O4/c1-10(18)8-12-4-3-6-17(12)14(19)9-16-15(20)13-5-7-21-11(13)2/h5,7,10,12,18H,3-4,6,8-9H2,1-2H3,(H,16,20)/t10-,12-/m1/s1. The van der Waals surface area contributed by atoms with Crippen LogP contribution < -0.4 is 5.32 Å². The predicted octanol–water partition coefficient (Wildman–Crippen LogP) is 1.08. The number of nitrogens with one attached hydrogen (secondary N) is 1. The number of amides is 2. The van der Waals surface area contributed by atoms with Crippen LogP contribution in [0.4, 0.5) is 0 Å². The summed E-state index contributed by atoms with van der Waals surface area (Å²) in [5.41, 5.74) is 0.449. The van der Waals surface area contributed by atoms with Crippen molar-refractivity contribution in [3.63, 3.8) is 0 Å². The molecule has 2 amide bonds. The minimum Gasteiger partial charge on any atom is -0.469 e. The first-order valence-electron chi connectivity index (χ1n) is 7.29. The molecule has 2 N–H and O–H groups in total. The Labute approximate surface area is 124 Å². The molecule has 0 spiro atoms. The lowest BCUT2D eigenvalue weighted by molar-refractivity contribution is -0.131. The number of likely N-dealkylation sites (tertiary alicyclic amines) is 1. The van der Waals surface area contributed by atoms with Crippen molar-refractivity contribution in [2.24, 2.45) is 0 Å². The van der Waals surface area contributed by atoms with Gasteiger partial charge in [0.05, 0.1) is 24.5 Å². The van der Waals surface area contributed by atoms with E-state index in [1.54, 1.807) is 24.8 Å². The molecule has 2 atom stereocenters. The van der Waals surface area contributed by atoms with E-state index in [9.17, 15) is 14.7 Å². The molecule has 0 aromatic carbocycles. The number of aliphatic hydroxyl groups excluding tert-OH is 1. The van der Waals surface area contributed by atoms with Gasteiger partial charge in [-0.2, -0.15) is 0 Å². The van der Waals surface area contributed by atoms with Crippen LogP contribution >= 0.6 is 0 Å². The van der Waals surface area contributed by atoms with Crippen LogP contribution in [0, 0.1) is 6.92 Å². The van der Waals surface area contributed by atoms with Crippen molar-refractivity contribution in [2.75, 3.05) is 13.1 Å². The minimum atomic E-state index is -0.424. The van der Waals surface area contributed by atoms with Gasteiger partial charge in [0.1, 0.15) is 5.76 Å². The number of nitrogens with zero attached hydrogens (tertiary/aromatic N) is 1. The van der Waals surface area contributed by atoms with Gasteiger partial charge in [0.2, 0.25) is 5.91 Å². The van der Waals surface area contributed by atoms with Crippen LogP contribution in [-0.4, -0.2) is 47.1 Å². The van der Waals surface area contributed by atoms with Crippen LogP contribution in [0.25, 0.3) is 0 Å². The first-order chi connectivity index (χ1) is 9.99. The fraction of sp³-hybridized carbons (Fsp3) is 0.600. The van der Waals surface area contributed by atoms with Crippen LogP contribution in [0.5, 0.6) is 0 Å². The van der Waals surface area contributed by atoms with Crippen LogP contribution in [-0.2, 0) is 4.79 Å². The highest BCUT2D eigenvalue weighted by molar-refractivity contribution is 5.97. The summed E-state index contributed by atoms with van der Waals surface area (Å²) < 4.78 is 5.07. The van der Waals surface area contributed by atoms with Gasteiger partial charge < -0.3 is 19.7 Å². The second-order valence-electron chi connectivity index (χ2n) is 5.54. The van der Waals surface area contributed by atoms with E-state index in [0.717, 1.165) is 12.8 Å². The lowest BCUT2D eigenvalue weighted by atomic mass is 10.1. The molecule has 0 aliphatic carbocycles. The third-order valence-corrected chi connectivity index (χ3v) is 3.81. The van der Waals surface area contributed by atoms with E-state index in [2.05, 4.69) is 5.32 Å². The Morgan fingerprint density at radius 1 is 1.57 bits per heavy atom. The van der Waals surface area contributed by atoms with Gasteiger partial charge >= 0.3 is 0 Å². The van der Waals surface area contributed by atoms with E-state index < -0.39 is 6.10 Å². The normalized spacial score (nSPS) is 19.6. The van der Waals surface area contributed by atoms with E-state index in [4.69, 9.17) is 4.42 Å². The number of carbonyl (C=O) groups excluding carboxylic acids is 2. The molecule has 116 valence electrons. The van der Waals surface area contributed by atoms with E-state index in [-0.39, 0.29) is 24.4 Å². The fourth-order valence-corrected chi connectivity index (χ4v) is 2.78. The van der Waals surface area contributed by atoms with E-state index >= 15 is 0 Å². The van der Waals surface area contributed by atoms with Gasteiger partial charge in [-0.3, -0.25) is 9.59 Å². The average molecular weight is 294 g/mol. The largest absolute Gasteiger partial charge is 0.469 e. The number of hydrogen-bond donors (Lipinski definition) is 2. The molecule has 1 saturated heterocycles. The number of rotatable bonds is 5. The second-order valence-corrected chi connectivity index (χ2v) is 5.54. The third-order valence-electron chi connectivity index (χ3n) is 3.81. The molecule has 1 aliphatic heterocycles. The van der Waals surface area contributed by atoms with Crippen molar-refractivity contribution in [3.8, 4) is 0 Å². The van der Waals surface area contributed by atoms with Crippen molar-refractivity contribution in [2.45, 2.75) is 45.3 Å². The lowest BCUT2D eigenvalue weighted by Gasteiger charge is -2.25. The zero-order valence-electron chi connectivity index (χ0n) is 12.5. The summed E-state index contributed by atoms with van der Waals surface area (Å²) in [5.74, 6) is 0.127. The van der Waals surface area contributed by atoms with Crippen molar-refractivity contribution < 1.29 is 19.1 Å². The summed E-state index contributed by atoms with van der Waals surface area (Å²) >= 11 is 0. The summed E-state index contributed by atoms with van der Waals surface area (Å²) in [6, 6.07) is 1.66. The van der Waals surface area contributed by atoms with Crippen LogP contribution in [0.2, 0.25) is 0 Å². The highest BCUT2D eigenvalue weighted by atomic mass is 16.3. The Hall–Kier alpha value is -1.82.